The van der Waals surface area contributed by atoms with Crippen LogP contribution in [0.4, 0.5) is 11.4 Å². The third-order valence-electron chi connectivity index (χ3n) is 5.34. The maximum absolute atomic E-state index is 11.3. The van der Waals surface area contributed by atoms with Gasteiger partial charge in [0.05, 0.1) is 9.85 Å². The van der Waals surface area contributed by atoms with Gasteiger partial charge in [0.15, 0.2) is 0 Å². The molecule has 0 radical (unpaired) electrons. The monoisotopic (exact) mass is 492 g/mol. The van der Waals surface area contributed by atoms with Crippen molar-refractivity contribution >= 4 is 49.4 Å². The van der Waals surface area contributed by atoms with Gasteiger partial charge in [-0.3, -0.25) is 20.2 Å². The van der Waals surface area contributed by atoms with Crippen LogP contribution in [0.2, 0.25) is 0 Å². The van der Waals surface area contributed by atoms with Crippen LogP contribution in [0, 0.1) is 20.2 Å². The lowest BCUT2D eigenvalue weighted by molar-refractivity contribution is -0.385. The molecule has 0 fully saturated rings. The number of pyridine rings is 2. The lowest BCUT2D eigenvalue weighted by Gasteiger charge is -2.17. The van der Waals surface area contributed by atoms with E-state index in [1.807, 2.05) is 24.3 Å². The first kappa shape index (κ1) is 19.8. The average Bonchev–Trinajstić information content (AvgIpc) is 3.39. The molecular formula is C21H13BrN6O4. The van der Waals surface area contributed by atoms with Crippen LogP contribution < -0.4 is 0 Å². The molecule has 11 heteroatoms. The standard InChI is InChI=1S/C21H13BrN6O4/c22-12-3-1-11(2-4-12)19(17-9-25-20-15(17)5-13(7-23-20)27(29)30)18-10-26-21-16(18)6-14(8-24-21)28(31)32/h1-10,19H,(H,23,25)(H,24,26). The fourth-order valence-corrected chi connectivity index (χ4v) is 4.15. The summed E-state index contributed by atoms with van der Waals surface area (Å²) in [5.74, 6) is -0.391. The highest BCUT2D eigenvalue weighted by atomic mass is 79.9. The molecule has 158 valence electrons. The fraction of sp³-hybridized carbons (Fsp3) is 0.0476. The lowest BCUT2D eigenvalue weighted by Crippen LogP contribution is -2.03. The van der Waals surface area contributed by atoms with Crippen molar-refractivity contribution < 1.29 is 9.85 Å². The molecule has 32 heavy (non-hydrogen) atoms. The molecule has 0 saturated heterocycles. The largest absolute Gasteiger partial charge is 0.346 e. The predicted molar refractivity (Wildman–Crippen MR) is 121 cm³/mol. The number of halogens is 1. The zero-order valence-electron chi connectivity index (χ0n) is 16.2. The van der Waals surface area contributed by atoms with E-state index in [2.05, 4.69) is 35.9 Å². The maximum Gasteiger partial charge on any atom is 0.288 e. The minimum Gasteiger partial charge on any atom is -0.346 e. The van der Waals surface area contributed by atoms with Crippen LogP contribution in [0.15, 0.2) is 65.7 Å². The van der Waals surface area contributed by atoms with Gasteiger partial charge < -0.3 is 9.97 Å². The van der Waals surface area contributed by atoms with E-state index < -0.39 is 15.8 Å². The summed E-state index contributed by atoms with van der Waals surface area (Å²) in [7, 11) is 0. The lowest BCUT2D eigenvalue weighted by atomic mass is 9.85. The predicted octanol–water partition coefficient (Wildman–Crippen LogP) is 5.20. The van der Waals surface area contributed by atoms with Gasteiger partial charge in [0.2, 0.25) is 0 Å². The van der Waals surface area contributed by atoms with Crippen LogP contribution in [0.3, 0.4) is 0 Å². The number of nitrogens with zero attached hydrogens (tertiary/aromatic N) is 4. The molecule has 0 atom stereocenters. The number of benzene rings is 1. The number of rotatable bonds is 5. The van der Waals surface area contributed by atoms with Gasteiger partial charge in [-0.1, -0.05) is 28.1 Å². The van der Waals surface area contributed by atoms with E-state index in [1.165, 1.54) is 24.5 Å². The summed E-state index contributed by atoms with van der Waals surface area (Å²) in [5, 5.41) is 23.9. The molecule has 5 aromatic rings. The SMILES string of the molecule is O=[N+]([O-])c1cnc2[nH]cc(C(c3ccc(Br)cc3)c3c[nH]c4ncc([N+](=O)[O-])cc34)c2c1. The Balaban J connectivity index is 1.79. The van der Waals surface area contributed by atoms with Crippen LogP contribution >= 0.6 is 15.9 Å². The maximum atomic E-state index is 11.3. The minimum atomic E-state index is -0.489. The van der Waals surface area contributed by atoms with E-state index >= 15 is 0 Å². The normalized spacial score (nSPS) is 11.4. The number of nitrogens with one attached hydrogen (secondary N) is 2. The first-order valence-corrected chi connectivity index (χ1v) is 10.2. The number of aromatic nitrogens is 4. The summed E-state index contributed by atoms with van der Waals surface area (Å²) in [6, 6.07) is 10.6. The van der Waals surface area contributed by atoms with Crippen LogP contribution in [0.25, 0.3) is 22.1 Å². The fourth-order valence-electron chi connectivity index (χ4n) is 3.88. The van der Waals surface area contributed by atoms with Gasteiger partial charge >= 0.3 is 0 Å². The summed E-state index contributed by atoms with van der Waals surface area (Å²) in [6.45, 7) is 0. The number of H-pyrrole nitrogens is 2. The Kier molecular flexibility index (Phi) is 4.67. The third-order valence-corrected chi connectivity index (χ3v) is 5.87. The van der Waals surface area contributed by atoms with Gasteiger partial charge in [0, 0.05) is 45.7 Å². The third kappa shape index (κ3) is 3.28. The van der Waals surface area contributed by atoms with Gasteiger partial charge in [0.1, 0.15) is 23.7 Å². The zero-order valence-corrected chi connectivity index (χ0v) is 17.7. The van der Waals surface area contributed by atoms with Crippen molar-refractivity contribution in [3.63, 3.8) is 0 Å². The molecule has 2 N–H and O–H groups in total. The Morgan fingerprint density at radius 3 is 1.72 bits per heavy atom. The van der Waals surface area contributed by atoms with Crippen LogP contribution in [-0.2, 0) is 0 Å². The molecule has 0 amide bonds. The number of hydrogen-bond acceptors (Lipinski definition) is 6. The molecule has 0 unspecified atom stereocenters. The van der Waals surface area contributed by atoms with Crippen LogP contribution in [0.1, 0.15) is 22.6 Å². The van der Waals surface area contributed by atoms with E-state index in [9.17, 15) is 20.2 Å². The van der Waals surface area contributed by atoms with Gasteiger partial charge in [-0.25, -0.2) is 9.97 Å². The van der Waals surface area contributed by atoms with Crippen molar-refractivity contribution in [2.24, 2.45) is 0 Å². The first-order chi connectivity index (χ1) is 15.4. The Hall–Kier alpha value is -4.12. The molecule has 4 heterocycles. The van der Waals surface area contributed by atoms with Gasteiger partial charge in [-0.2, -0.15) is 0 Å². The van der Waals surface area contributed by atoms with E-state index in [0.29, 0.717) is 22.1 Å². The van der Waals surface area contributed by atoms with Crippen molar-refractivity contribution in [2.75, 3.05) is 0 Å². The van der Waals surface area contributed by atoms with Crippen molar-refractivity contribution in [1.29, 1.82) is 0 Å². The van der Waals surface area contributed by atoms with Crippen molar-refractivity contribution in [3.8, 4) is 0 Å². The Morgan fingerprint density at radius 1 is 0.812 bits per heavy atom. The van der Waals surface area contributed by atoms with Crippen LogP contribution in [0.5, 0.6) is 0 Å². The molecule has 1 aromatic carbocycles. The molecule has 10 nitrogen and oxygen atoms in total. The topological polar surface area (TPSA) is 144 Å². The smallest absolute Gasteiger partial charge is 0.288 e. The van der Waals surface area contributed by atoms with Crippen molar-refractivity contribution in [1.82, 2.24) is 19.9 Å². The number of nitro groups is 2. The summed E-state index contributed by atoms with van der Waals surface area (Å²) in [6.07, 6.45) is 5.93. The number of hydrogen-bond donors (Lipinski definition) is 2. The summed E-state index contributed by atoms with van der Waals surface area (Å²) >= 11 is 3.44. The summed E-state index contributed by atoms with van der Waals surface area (Å²) < 4.78 is 0.896. The zero-order chi connectivity index (χ0) is 22.4. The van der Waals surface area contributed by atoms with E-state index in [0.717, 1.165) is 21.2 Å². The number of fused-ring (bicyclic) bond motifs is 2. The molecule has 0 spiro atoms. The first-order valence-electron chi connectivity index (χ1n) is 9.40. The van der Waals surface area contributed by atoms with Gasteiger partial charge in [-0.05, 0) is 28.8 Å². The molecule has 0 aliphatic carbocycles. The molecule has 0 bridgehead atoms. The Labute approximate surface area is 187 Å². The quantitative estimate of drug-likeness (QED) is 0.255. The number of aromatic amines is 2. The highest BCUT2D eigenvalue weighted by molar-refractivity contribution is 9.10. The molecular weight excluding hydrogens is 480 g/mol. The second-order valence-electron chi connectivity index (χ2n) is 7.17. The molecule has 0 aliphatic heterocycles. The molecule has 5 rings (SSSR count). The highest BCUT2D eigenvalue weighted by Gasteiger charge is 2.26. The average molecular weight is 493 g/mol. The van der Waals surface area contributed by atoms with E-state index in [1.54, 1.807) is 12.4 Å². The molecule has 4 aromatic heterocycles. The van der Waals surface area contributed by atoms with Gasteiger partial charge in [-0.15, -0.1) is 0 Å². The second kappa shape index (κ2) is 7.54. The highest BCUT2D eigenvalue weighted by Crippen LogP contribution is 2.40. The van der Waals surface area contributed by atoms with E-state index in [-0.39, 0.29) is 11.4 Å². The van der Waals surface area contributed by atoms with Crippen molar-refractivity contribution in [3.05, 3.63) is 103 Å². The summed E-state index contributed by atoms with van der Waals surface area (Å²) in [4.78, 5) is 36.2. The van der Waals surface area contributed by atoms with Crippen LogP contribution in [-0.4, -0.2) is 29.8 Å². The summed E-state index contributed by atoms with van der Waals surface area (Å²) in [5.41, 5.74) is 3.19. The second-order valence-corrected chi connectivity index (χ2v) is 8.08. The molecule has 0 saturated carbocycles. The molecule has 0 aliphatic rings. The van der Waals surface area contributed by atoms with Crippen molar-refractivity contribution in [2.45, 2.75) is 5.92 Å². The minimum absolute atomic E-state index is 0.121. The van der Waals surface area contributed by atoms with Gasteiger partial charge in [0.25, 0.3) is 11.4 Å². The van der Waals surface area contributed by atoms with E-state index in [4.69, 9.17) is 0 Å². The Morgan fingerprint density at radius 2 is 1.28 bits per heavy atom. The Bertz CT molecular complexity index is 1420.